The van der Waals surface area contributed by atoms with Crippen molar-refractivity contribution < 1.29 is 12.8 Å². The van der Waals surface area contributed by atoms with E-state index in [0.717, 1.165) is 18.5 Å². The van der Waals surface area contributed by atoms with Crippen LogP contribution in [0.3, 0.4) is 0 Å². The summed E-state index contributed by atoms with van der Waals surface area (Å²) in [5.74, 6) is -0.678. The van der Waals surface area contributed by atoms with Crippen molar-refractivity contribution in [3.63, 3.8) is 0 Å². The minimum Gasteiger partial charge on any atom is -0.315 e. The van der Waals surface area contributed by atoms with Gasteiger partial charge in [0.2, 0.25) is 10.0 Å². The van der Waals surface area contributed by atoms with Gasteiger partial charge in [-0.2, -0.15) is 4.31 Å². The average molecular weight is 337 g/mol. The van der Waals surface area contributed by atoms with Gasteiger partial charge in [0.15, 0.2) is 0 Å². The first kappa shape index (κ1) is 18.4. The Morgan fingerprint density at radius 2 is 2.14 bits per heavy atom. The Morgan fingerprint density at radius 1 is 1.43 bits per heavy atom. The van der Waals surface area contributed by atoms with Crippen molar-refractivity contribution in [3.8, 4) is 0 Å². The van der Waals surface area contributed by atoms with E-state index in [2.05, 4.69) is 5.32 Å². The maximum absolute atomic E-state index is 13.9. The number of halogens is 2. The van der Waals surface area contributed by atoms with Gasteiger partial charge in [0.25, 0.3) is 0 Å². The highest BCUT2D eigenvalue weighted by Gasteiger charge is 2.34. The molecular weight excluding hydrogens is 315 g/mol. The molecule has 7 heteroatoms. The third kappa shape index (κ3) is 3.94. The molecule has 0 aliphatic carbocycles. The molecule has 1 atom stereocenters. The summed E-state index contributed by atoms with van der Waals surface area (Å²) in [6, 6.07) is 4.13. The Labute approximate surface area is 132 Å². The second-order valence-corrected chi connectivity index (χ2v) is 7.06. The molecule has 0 spiro atoms. The zero-order valence-corrected chi connectivity index (χ0v) is 13.9. The number of nitrogens with one attached hydrogen (secondary N) is 1. The molecule has 1 unspecified atom stereocenters. The number of hydrogen-bond acceptors (Lipinski definition) is 3. The highest BCUT2D eigenvalue weighted by atomic mass is 35.5. The SMILES string of the molecule is CCCN(C1CCNC1)S(=O)(=O)c1cc(C)ccc1F.Cl. The van der Waals surface area contributed by atoms with Crippen molar-refractivity contribution in [2.75, 3.05) is 19.6 Å². The smallest absolute Gasteiger partial charge is 0.246 e. The summed E-state index contributed by atoms with van der Waals surface area (Å²) in [7, 11) is -3.78. The Bertz CT molecular complexity index is 574. The van der Waals surface area contributed by atoms with E-state index in [1.165, 1.54) is 16.4 Å². The summed E-state index contributed by atoms with van der Waals surface area (Å²) in [6.07, 6.45) is 1.48. The van der Waals surface area contributed by atoms with Crippen LogP contribution in [0.4, 0.5) is 4.39 Å². The molecule has 1 aromatic carbocycles. The molecule has 21 heavy (non-hydrogen) atoms. The molecule has 1 fully saturated rings. The van der Waals surface area contributed by atoms with Crippen LogP contribution in [0.1, 0.15) is 25.3 Å². The Kier molecular flexibility index (Phi) is 6.59. The van der Waals surface area contributed by atoms with Gasteiger partial charge in [-0.15, -0.1) is 12.4 Å². The maximum atomic E-state index is 13.9. The lowest BCUT2D eigenvalue weighted by atomic mass is 10.2. The van der Waals surface area contributed by atoms with E-state index in [4.69, 9.17) is 0 Å². The molecule has 1 aromatic rings. The Balaban J connectivity index is 0.00000220. The van der Waals surface area contributed by atoms with Crippen molar-refractivity contribution in [2.24, 2.45) is 0 Å². The third-order valence-electron chi connectivity index (χ3n) is 3.56. The summed E-state index contributed by atoms with van der Waals surface area (Å²) in [4.78, 5) is -0.210. The van der Waals surface area contributed by atoms with E-state index in [-0.39, 0.29) is 23.3 Å². The largest absolute Gasteiger partial charge is 0.315 e. The molecule has 2 rings (SSSR count). The van der Waals surface area contributed by atoms with Gasteiger partial charge in [0, 0.05) is 19.1 Å². The molecule has 1 heterocycles. The van der Waals surface area contributed by atoms with Crippen LogP contribution >= 0.6 is 12.4 Å². The number of hydrogen-bond donors (Lipinski definition) is 1. The lowest BCUT2D eigenvalue weighted by Crippen LogP contribution is -2.42. The van der Waals surface area contributed by atoms with E-state index in [0.29, 0.717) is 19.5 Å². The van der Waals surface area contributed by atoms with Crippen LogP contribution in [-0.4, -0.2) is 38.4 Å². The van der Waals surface area contributed by atoms with E-state index in [1.807, 2.05) is 6.92 Å². The summed E-state index contributed by atoms with van der Waals surface area (Å²) >= 11 is 0. The molecule has 1 aliphatic heterocycles. The Hall–Kier alpha value is -0.690. The third-order valence-corrected chi connectivity index (χ3v) is 5.53. The average Bonchev–Trinajstić information content (AvgIpc) is 2.92. The highest BCUT2D eigenvalue weighted by Crippen LogP contribution is 2.24. The van der Waals surface area contributed by atoms with Gasteiger partial charge in [-0.05, 0) is 44.0 Å². The molecule has 1 aliphatic rings. The summed E-state index contributed by atoms with van der Waals surface area (Å²) in [5.41, 5.74) is 0.742. The molecule has 0 radical (unpaired) electrons. The zero-order chi connectivity index (χ0) is 14.8. The van der Waals surface area contributed by atoms with Crippen LogP contribution in [0.5, 0.6) is 0 Å². The van der Waals surface area contributed by atoms with E-state index in [9.17, 15) is 12.8 Å². The molecule has 4 nitrogen and oxygen atoms in total. The maximum Gasteiger partial charge on any atom is 0.246 e. The summed E-state index contributed by atoms with van der Waals surface area (Å²) in [5, 5.41) is 3.16. The van der Waals surface area contributed by atoms with Crippen molar-refractivity contribution >= 4 is 22.4 Å². The second kappa shape index (κ2) is 7.54. The van der Waals surface area contributed by atoms with E-state index >= 15 is 0 Å². The van der Waals surface area contributed by atoms with Gasteiger partial charge < -0.3 is 5.32 Å². The molecule has 0 bridgehead atoms. The minimum atomic E-state index is -3.78. The summed E-state index contributed by atoms with van der Waals surface area (Å²) in [6.45, 7) is 5.54. The fourth-order valence-electron chi connectivity index (χ4n) is 2.54. The van der Waals surface area contributed by atoms with Gasteiger partial charge in [0.05, 0.1) is 0 Å². The van der Waals surface area contributed by atoms with Gasteiger partial charge in [0.1, 0.15) is 10.7 Å². The van der Waals surface area contributed by atoms with Crippen LogP contribution in [-0.2, 0) is 10.0 Å². The van der Waals surface area contributed by atoms with Crippen molar-refractivity contribution in [1.82, 2.24) is 9.62 Å². The van der Waals surface area contributed by atoms with Gasteiger partial charge in [-0.3, -0.25) is 0 Å². The van der Waals surface area contributed by atoms with Gasteiger partial charge in [-0.25, -0.2) is 12.8 Å². The monoisotopic (exact) mass is 336 g/mol. The fraction of sp³-hybridized carbons (Fsp3) is 0.571. The topological polar surface area (TPSA) is 49.4 Å². The number of rotatable bonds is 5. The number of benzene rings is 1. The predicted molar refractivity (Wildman–Crippen MR) is 83.8 cm³/mol. The van der Waals surface area contributed by atoms with Crippen molar-refractivity contribution in [1.29, 1.82) is 0 Å². The van der Waals surface area contributed by atoms with E-state index < -0.39 is 15.8 Å². The van der Waals surface area contributed by atoms with Gasteiger partial charge >= 0.3 is 0 Å². The summed E-state index contributed by atoms with van der Waals surface area (Å²) < 4.78 is 40.9. The fourth-order valence-corrected chi connectivity index (χ4v) is 4.44. The standard InChI is InChI=1S/C14H21FN2O2S.ClH/c1-3-8-17(12-6-7-16-10-12)20(18,19)14-9-11(2)4-5-13(14)15;/h4-5,9,12,16H,3,6-8,10H2,1-2H3;1H. The van der Waals surface area contributed by atoms with Crippen LogP contribution < -0.4 is 5.32 Å². The molecule has 0 saturated carbocycles. The first-order valence-corrected chi connectivity index (χ1v) is 8.39. The number of aryl methyl sites for hydroxylation is 1. The molecule has 1 N–H and O–H groups in total. The molecule has 120 valence electrons. The van der Waals surface area contributed by atoms with Crippen LogP contribution in [0.2, 0.25) is 0 Å². The van der Waals surface area contributed by atoms with Crippen LogP contribution in [0, 0.1) is 12.7 Å². The van der Waals surface area contributed by atoms with Crippen LogP contribution in [0.15, 0.2) is 23.1 Å². The Morgan fingerprint density at radius 3 is 2.71 bits per heavy atom. The van der Waals surface area contributed by atoms with Crippen molar-refractivity contribution in [2.45, 2.75) is 37.6 Å². The quantitative estimate of drug-likeness (QED) is 0.897. The lowest BCUT2D eigenvalue weighted by molar-refractivity contribution is 0.333. The molecule has 0 amide bonds. The van der Waals surface area contributed by atoms with Crippen molar-refractivity contribution in [3.05, 3.63) is 29.6 Å². The van der Waals surface area contributed by atoms with Crippen LogP contribution in [0.25, 0.3) is 0 Å². The second-order valence-electron chi connectivity index (χ2n) is 5.20. The van der Waals surface area contributed by atoms with E-state index in [1.54, 1.807) is 13.0 Å². The minimum absolute atomic E-state index is 0. The molecular formula is C14H22ClFN2O2S. The predicted octanol–water partition coefficient (Wildman–Crippen LogP) is 2.32. The normalized spacial score (nSPS) is 18.8. The first-order chi connectivity index (χ1) is 9.46. The number of nitrogens with zero attached hydrogens (tertiary/aromatic N) is 1. The highest BCUT2D eigenvalue weighted by molar-refractivity contribution is 7.89. The van der Waals surface area contributed by atoms with Gasteiger partial charge in [-0.1, -0.05) is 13.0 Å². The lowest BCUT2D eigenvalue weighted by Gasteiger charge is -2.27. The molecule has 0 aromatic heterocycles. The molecule has 1 saturated heterocycles. The zero-order valence-electron chi connectivity index (χ0n) is 12.3. The number of sulfonamides is 1. The first-order valence-electron chi connectivity index (χ1n) is 6.95.